The van der Waals surface area contributed by atoms with Crippen molar-refractivity contribution in [2.75, 3.05) is 13.2 Å². The minimum absolute atomic E-state index is 0.0766. The van der Waals surface area contributed by atoms with E-state index in [-0.39, 0.29) is 31.1 Å². The van der Waals surface area contributed by atoms with E-state index in [0.29, 0.717) is 19.3 Å². The van der Waals surface area contributed by atoms with Gasteiger partial charge in [0.1, 0.15) is 13.2 Å². The van der Waals surface area contributed by atoms with E-state index in [1.54, 1.807) is 0 Å². The van der Waals surface area contributed by atoms with Crippen LogP contribution in [0.1, 0.15) is 361 Å². The number of ether oxygens (including phenoxy) is 3. The summed E-state index contributed by atoms with van der Waals surface area (Å²) in [7, 11) is 0. The normalized spacial score (nSPS) is 12.5. The van der Waals surface area contributed by atoms with Crippen molar-refractivity contribution in [1.29, 1.82) is 0 Å². The highest BCUT2D eigenvalue weighted by Gasteiger charge is 2.19. The molecule has 0 fully saturated rings. The molecule has 0 saturated heterocycles. The Hall–Kier alpha value is -3.15. The van der Waals surface area contributed by atoms with Gasteiger partial charge in [0.2, 0.25) is 0 Å². The standard InChI is InChI=1S/C74H132O6/c1-4-7-10-13-16-18-20-22-24-26-28-30-32-33-34-35-36-37-38-39-40-41-43-44-46-48-50-52-54-56-58-61-64-67-73(76)79-70-71(69-78-72(75)66-63-60-15-12-9-6-3)80-74(77)68-65-62-59-57-55-53-51-49-47-45-42-31-29-27-25-23-21-19-17-14-11-8-5-2/h8,11,17,19,23,25-26,28-29,31,45,47,71H,4-7,9-10,12-16,18,20-22,24,27,30,32-44,46,48-70H2,1-3H3/b11-8-,19-17-,25-23-,28-26-,31-29-,47-45-. The van der Waals surface area contributed by atoms with Crippen molar-refractivity contribution in [1.82, 2.24) is 0 Å². The lowest BCUT2D eigenvalue weighted by molar-refractivity contribution is -0.167. The summed E-state index contributed by atoms with van der Waals surface area (Å²) in [6.07, 6.45) is 89.8. The lowest BCUT2D eigenvalue weighted by Crippen LogP contribution is -2.30. The average Bonchev–Trinajstić information content (AvgIpc) is 3.46. The van der Waals surface area contributed by atoms with Crippen molar-refractivity contribution in [2.45, 2.75) is 367 Å². The number of hydrogen-bond donors (Lipinski definition) is 0. The molecule has 0 aliphatic carbocycles. The molecular formula is C74H132O6. The largest absolute Gasteiger partial charge is 0.462 e. The number of carbonyl (C=O) groups is 3. The summed E-state index contributed by atoms with van der Waals surface area (Å²) in [6.45, 7) is 6.50. The van der Waals surface area contributed by atoms with Gasteiger partial charge < -0.3 is 14.2 Å². The summed E-state index contributed by atoms with van der Waals surface area (Å²) in [5.74, 6) is -0.882. The van der Waals surface area contributed by atoms with Crippen LogP contribution in [-0.4, -0.2) is 37.2 Å². The van der Waals surface area contributed by atoms with Crippen LogP contribution in [0.3, 0.4) is 0 Å². The van der Waals surface area contributed by atoms with E-state index in [1.807, 2.05) is 0 Å². The highest BCUT2D eigenvalue weighted by atomic mass is 16.6. The zero-order chi connectivity index (χ0) is 57.8. The third kappa shape index (κ3) is 65.7. The van der Waals surface area contributed by atoms with Crippen LogP contribution in [0.25, 0.3) is 0 Å². The van der Waals surface area contributed by atoms with Crippen LogP contribution in [0.4, 0.5) is 0 Å². The SMILES string of the molecule is CC/C=C\C/C=C\C/C=C\C/C=C\C/C=C\CCCCCCCCCC(=O)OC(COC(=O)CCCCCCCC)COC(=O)CCCCCCCCCCCCCCCCCCCCCCC/C=C\CCCCCCCCCC. The molecule has 6 nitrogen and oxygen atoms in total. The van der Waals surface area contributed by atoms with E-state index in [1.165, 1.54) is 225 Å². The third-order valence-corrected chi connectivity index (χ3v) is 15.4. The highest BCUT2D eigenvalue weighted by molar-refractivity contribution is 5.71. The van der Waals surface area contributed by atoms with E-state index in [0.717, 1.165) is 96.3 Å². The predicted octanol–water partition coefficient (Wildman–Crippen LogP) is 24.1. The number of hydrogen-bond acceptors (Lipinski definition) is 6. The Kier molecular flexibility index (Phi) is 65.7. The molecule has 0 saturated carbocycles. The minimum atomic E-state index is -0.778. The molecule has 80 heavy (non-hydrogen) atoms. The number of unbranched alkanes of at least 4 members (excludes halogenated alkanes) is 41. The zero-order valence-corrected chi connectivity index (χ0v) is 53.3. The summed E-state index contributed by atoms with van der Waals surface area (Å²) in [5, 5.41) is 0. The van der Waals surface area contributed by atoms with Gasteiger partial charge >= 0.3 is 17.9 Å². The number of carbonyl (C=O) groups excluding carboxylic acids is 3. The molecule has 6 heteroatoms. The van der Waals surface area contributed by atoms with Gasteiger partial charge in [-0.05, 0) is 89.9 Å². The van der Waals surface area contributed by atoms with Gasteiger partial charge in [-0.2, -0.15) is 0 Å². The maximum Gasteiger partial charge on any atom is 0.306 e. The Labute approximate surface area is 497 Å². The Morgan fingerprint density at radius 3 is 0.775 bits per heavy atom. The molecule has 0 amide bonds. The Bertz CT molecular complexity index is 1470. The minimum Gasteiger partial charge on any atom is -0.462 e. The first-order chi connectivity index (χ1) is 39.5. The molecule has 464 valence electrons. The number of allylic oxidation sites excluding steroid dienone is 12. The number of rotatable bonds is 64. The molecule has 0 radical (unpaired) electrons. The fourth-order valence-electron chi connectivity index (χ4n) is 10.2. The molecule has 0 rings (SSSR count). The summed E-state index contributed by atoms with van der Waals surface area (Å²) < 4.78 is 16.8. The first-order valence-electron chi connectivity index (χ1n) is 34.9. The monoisotopic (exact) mass is 1120 g/mol. The van der Waals surface area contributed by atoms with Crippen LogP contribution in [-0.2, 0) is 28.6 Å². The fraction of sp³-hybridized carbons (Fsp3) is 0.797. The van der Waals surface area contributed by atoms with E-state index in [2.05, 4.69) is 93.7 Å². The summed E-state index contributed by atoms with van der Waals surface area (Å²) in [6, 6.07) is 0. The van der Waals surface area contributed by atoms with Gasteiger partial charge in [0.05, 0.1) is 0 Å². The van der Waals surface area contributed by atoms with Gasteiger partial charge in [0.15, 0.2) is 6.10 Å². The topological polar surface area (TPSA) is 78.9 Å². The van der Waals surface area contributed by atoms with Gasteiger partial charge in [-0.3, -0.25) is 14.4 Å². The van der Waals surface area contributed by atoms with Gasteiger partial charge in [-0.15, -0.1) is 0 Å². The molecule has 0 bridgehead atoms. The van der Waals surface area contributed by atoms with Crippen LogP contribution < -0.4 is 0 Å². The second kappa shape index (κ2) is 68.3. The maximum atomic E-state index is 12.9. The van der Waals surface area contributed by atoms with Crippen LogP contribution in [0.2, 0.25) is 0 Å². The summed E-state index contributed by atoms with van der Waals surface area (Å²) >= 11 is 0. The van der Waals surface area contributed by atoms with E-state index in [9.17, 15) is 14.4 Å². The Morgan fingerprint density at radius 1 is 0.263 bits per heavy atom. The molecule has 0 heterocycles. The highest BCUT2D eigenvalue weighted by Crippen LogP contribution is 2.18. The molecule has 0 aromatic heterocycles. The predicted molar refractivity (Wildman–Crippen MR) is 348 cm³/mol. The van der Waals surface area contributed by atoms with Gasteiger partial charge in [0, 0.05) is 19.3 Å². The second-order valence-electron chi connectivity index (χ2n) is 23.4. The third-order valence-electron chi connectivity index (χ3n) is 15.4. The van der Waals surface area contributed by atoms with Crippen molar-refractivity contribution in [3.8, 4) is 0 Å². The van der Waals surface area contributed by atoms with E-state index >= 15 is 0 Å². The molecule has 1 atom stereocenters. The van der Waals surface area contributed by atoms with E-state index in [4.69, 9.17) is 14.2 Å². The Morgan fingerprint density at radius 2 is 0.487 bits per heavy atom. The van der Waals surface area contributed by atoms with E-state index < -0.39 is 6.10 Å². The molecule has 0 N–H and O–H groups in total. The lowest BCUT2D eigenvalue weighted by Gasteiger charge is -2.18. The summed E-state index contributed by atoms with van der Waals surface area (Å²) in [5.41, 5.74) is 0. The quantitative estimate of drug-likeness (QED) is 0.0261. The second-order valence-corrected chi connectivity index (χ2v) is 23.4. The van der Waals surface area contributed by atoms with Gasteiger partial charge in [-0.25, -0.2) is 0 Å². The molecule has 0 aliphatic heterocycles. The first-order valence-corrected chi connectivity index (χ1v) is 34.9. The molecular weight excluding hydrogens is 985 g/mol. The molecule has 0 aliphatic rings. The molecule has 1 unspecified atom stereocenters. The average molecular weight is 1120 g/mol. The number of esters is 3. The summed E-state index contributed by atoms with van der Waals surface area (Å²) in [4.78, 5) is 38.1. The Balaban J connectivity index is 3.98. The lowest BCUT2D eigenvalue weighted by atomic mass is 10.0. The smallest absolute Gasteiger partial charge is 0.306 e. The van der Waals surface area contributed by atoms with Crippen molar-refractivity contribution in [3.63, 3.8) is 0 Å². The van der Waals surface area contributed by atoms with Crippen LogP contribution in [0.5, 0.6) is 0 Å². The van der Waals surface area contributed by atoms with Crippen molar-refractivity contribution < 1.29 is 28.6 Å². The van der Waals surface area contributed by atoms with Gasteiger partial charge in [0.25, 0.3) is 0 Å². The van der Waals surface area contributed by atoms with Crippen molar-refractivity contribution >= 4 is 17.9 Å². The molecule has 0 spiro atoms. The zero-order valence-electron chi connectivity index (χ0n) is 53.3. The van der Waals surface area contributed by atoms with Crippen LogP contribution >= 0.6 is 0 Å². The first kappa shape index (κ1) is 76.9. The fourth-order valence-corrected chi connectivity index (χ4v) is 10.2. The maximum absolute atomic E-state index is 12.9. The molecule has 0 aromatic carbocycles. The molecule has 0 aromatic rings. The van der Waals surface area contributed by atoms with Crippen molar-refractivity contribution in [3.05, 3.63) is 72.9 Å². The van der Waals surface area contributed by atoms with Gasteiger partial charge in [-0.1, -0.05) is 325 Å². The van der Waals surface area contributed by atoms with Crippen LogP contribution in [0, 0.1) is 0 Å². The van der Waals surface area contributed by atoms with Crippen LogP contribution in [0.15, 0.2) is 72.9 Å². The van der Waals surface area contributed by atoms with Crippen molar-refractivity contribution in [2.24, 2.45) is 0 Å².